The molecule has 0 aromatic heterocycles. The van der Waals surface area contributed by atoms with E-state index >= 15 is 0 Å². The van der Waals surface area contributed by atoms with E-state index in [0.717, 1.165) is 43.5 Å². The summed E-state index contributed by atoms with van der Waals surface area (Å²) in [6.07, 6.45) is 1.07. The van der Waals surface area contributed by atoms with Crippen LogP contribution >= 0.6 is 23.2 Å². The molecule has 1 fully saturated rings. The van der Waals surface area contributed by atoms with E-state index in [0.29, 0.717) is 6.04 Å². The van der Waals surface area contributed by atoms with Crippen LogP contribution in [0.1, 0.15) is 13.3 Å². The van der Waals surface area contributed by atoms with Crippen molar-refractivity contribution in [2.75, 3.05) is 37.0 Å². The molecule has 4 heteroatoms. The van der Waals surface area contributed by atoms with Gasteiger partial charge in [0.25, 0.3) is 0 Å². The summed E-state index contributed by atoms with van der Waals surface area (Å²) in [6.45, 7) is 6.61. The predicted octanol–water partition coefficient (Wildman–Crippen LogP) is 3.48. The number of alkyl halides is 1. The van der Waals surface area contributed by atoms with Crippen molar-refractivity contribution in [2.24, 2.45) is 0 Å². The summed E-state index contributed by atoms with van der Waals surface area (Å²) in [6, 6.07) is 8.68. The van der Waals surface area contributed by atoms with Crippen molar-refractivity contribution >= 4 is 28.9 Å². The molecule has 1 aromatic carbocycles. The van der Waals surface area contributed by atoms with Gasteiger partial charge in [0.15, 0.2) is 0 Å². The summed E-state index contributed by atoms with van der Waals surface area (Å²) in [7, 11) is 0. The zero-order valence-corrected chi connectivity index (χ0v) is 12.3. The van der Waals surface area contributed by atoms with Crippen LogP contribution in [0, 0.1) is 0 Å². The maximum absolute atomic E-state index is 6.05. The summed E-state index contributed by atoms with van der Waals surface area (Å²) in [5, 5.41) is 0.810. The van der Waals surface area contributed by atoms with Crippen molar-refractivity contribution in [1.82, 2.24) is 4.90 Å². The first-order chi connectivity index (χ1) is 8.70. The lowest BCUT2D eigenvalue weighted by molar-refractivity contribution is 0.190. The van der Waals surface area contributed by atoms with Crippen molar-refractivity contribution in [2.45, 2.75) is 19.4 Å². The molecule has 0 radical (unpaired) electrons. The maximum Gasteiger partial charge on any atom is 0.0426 e. The van der Waals surface area contributed by atoms with Gasteiger partial charge in [0, 0.05) is 42.3 Å². The Labute approximate surface area is 119 Å². The Morgan fingerprint density at radius 3 is 2.83 bits per heavy atom. The molecule has 0 bridgehead atoms. The highest BCUT2D eigenvalue weighted by Gasteiger charge is 2.23. The monoisotopic (exact) mass is 286 g/mol. The smallest absolute Gasteiger partial charge is 0.0426 e. The standard InChI is InChI=1S/C14H20Cl2N2/c1-12-11-18(9-8-17(12)7-3-6-15)14-5-2-4-13(16)10-14/h2,4-5,10,12H,3,6-9,11H2,1H3/t12-/m1/s1. The Morgan fingerprint density at radius 2 is 2.17 bits per heavy atom. The van der Waals surface area contributed by atoms with Gasteiger partial charge in [0.05, 0.1) is 0 Å². The summed E-state index contributed by atoms with van der Waals surface area (Å²) in [4.78, 5) is 4.93. The van der Waals surface area contributed by atoms with Gasteiger partial charge in [-0.1, -0.05) is 17.7 Å². The summed E-state index contributed by atoms with van der Waals surface area (Å²) in [5.41, 5.74) is 1.23. The molecule has 2 rings (SSSR count). The zero-order chi connectivity index (χ0) is 13.0. The minimum absolute atomic E-state index is 0.570. The fourth-order valence-electron chi connectivity index (χ4n) is 2.50. The average Bonchev–Trinajstić information content (AvgIpc) is 2.37. The molecular formula is C14H20Cl2N2. The molecule has 1 aromatic rings. The van der Waals surface area contributed by atoms with Gasteiger partial charge in [0.2, 0.25) is 0 Å². The number of halogens is 2. The lowest BCUT2D eigenvalue weighted by Crippen LogP contribution is -2.52. The Morgan fingerprint density at radius 1 is 1.33 bits per heavy atom. The van der Waals surface area contributed by atoms with Gasteiger partial charge in [0.1, 0.15) is 0 Å². The second-order valence-electron chi connectivity index (χ2n) is 4.85. The highest BCUT2D eigenvalue weighted by atomic mass is 35.5. The van der Waals surface area contributed by atoms with Crippen LogP contribution in [0.4, 0.5) is 5.69 Å². The number of rotatable bonds is 4. The highest BCUT2D eigenvalue weighted by molar-refractivity contribution is 6.30. The van der Waals surface area contributed by atoms with Crippen molar-refractivity contribution in [3.63, 3.8) is 0 Å². The normalized spacial score (nSPS) is 21.3. The molecule has 0 aliphatic carbocycles. The number of hydrogen-bond acceptors (Lipinski definition) is 2. The molecular weight excluding hydrogens is 267 g/mol. The van der Waals surface area contributed by atoms with E-state index < -0.39 is 0 Å². The molecule has 0 amide bonds. The Balaban J connectivity index is 1.95. The Hall–Kier alpha value is -0.440. The van der Waals surface area contributed by atoms with E-state index in [1.807, 2.05) is 18.2 Å². The summed E-state index contributed by atoms with van der Waals surface area (Å²) >= 11 is 11.8. The second-order valence-corrected chi connectivity index (χ2v) is 5.67. The predicted molar refractivity (Wildman–Crippen MR) is 80.0 cm³/mol. The highest BCUT2D eigenvalue weighted by Crippen LogP contribution is 2.22. The fourth-order valence-corrected chi connectivity index (χ4v) is 2.80. The van der Waals surface area contributed by atoms with Gasteiger partial charge in [-0.2, -0.15) is 0 Å². The minimum atomic E-state index is 0.570. The van der Waals surface area contributed by atoms with Crippen LogP contribution in [0.3, 0.4) is 0 Å². The molecule has 1 heterocycles. The van der Waals surface area contributed by atoms with Gasteiger partial charge in [-0.3, -0.25) is 4.90 Å². The van der Waals surface area contributed by atoms with Crippen molar-refractivity contribution in [1.29, 1.82) is 0 Å². The lowest BCUT2D eigenvalue weighted by atomic mass is 10.1. The summed E-state index contributed by atoms with van der Waals surface area (Å²) in [5.74, 6) is 0.751. The van der Waals surface area contributed by atoms with Crippen molar-refractivity contribution in [3.05, 3.63) is 29.3 Å². The second kappa shape index (κ2) is 6.65. The van der Waals surface area contributed by atoms with E-state index in [2.05, 4.69) is 22.8 Å². The van der Waals surface area contributed by atoms with Crippen molar-refractivity contribution < 1.29 is 0 Å². The third-order valence-electron chi connectivity index (χ3n) is 3.52. The molecule has 0 saturated carbocycles. The number of piperazine rings is 1. The van der Waals surface area contributed by atoms with E-state index in [9.17, 15) is 0 Å². The lowest BCUT2D eigenvalue weighted by Gasteiger charge is -2.41. The molecule has 1 saturated heterocycles. The van der Waals surface area contributed by atoms with Crippen LogP contribution in [0.2, 0.25) is 5.02 Å². The SMILES string of the molecule is C[C@@H]1CN(c2cccc(Cl)c2)CCN1CCCCl. The van der Waals surface area contributed by atoms with Crippen LogP contribution < -0.4 is 4.90 Å². The van der Waals surface area contributed by atoms with Gasteiger partial charge < -0.3 is 4.90 Å². The third-order valence-corrected chi connectivity index (χ3v) is 4.02. The van der Waals surface area contributed by atoms with Gasteiger partial charge in [-0.15, -0.1) is 11.6 Å². The quantitative estimate of drug-likeness (QED) is 0.782. The minimum Gasteiger partial charge on any atom is -0.369 e. The first kappa shape index (κ1) is 14.0. The van der Waals surface area contributed by atoms with E-state index in [1.165, 1.54) is 5.69 Å². The van der Waals surface area contributed by atoms with Gasteiger partial charge >= 0.3 is 0 Å². The molecule has 100 valence electrons. The van der Waals surface area contributed by atoms with Gasteiger partial charge in [-0.05, 0) is 38.1 Å². The first-order valence-corrected chi connectivity index (χ1v) is 7.42. The van der Waals surface area contributed by atoms with Crippen LogP contribution in [0.5, 0.6) is 0 Å². The van der Waals surface area contributed by atoms with E-state index in [-0.39, 0.29) is 0 Å². The third kappa shape index (κ3) is 3.53. The Bertz CT molecular complexity index is 384. The number of nitrogens with zero attached hydrogens (tertiary/aromatic N) is 2. The molecule has 0 spiro atoms. The molecule has 0 unspecified atom stereocenters. The number of anilines is 1. The van der Waals surface area contributed by atoms with E-state index in [1.54, 1.807) is 0 Å². The van der Waals surface area contributed by atoms with Crippen LogP contribution in [0.25, 0.3) is 0 Å². The van der Waals surface area contributed by atoms with Crippen LogP contribution in [0.15, 0.2) is 24.3 Å². The van der Waals surface area contributed by atoms with Crippen molar-refractivity contribution in [3.8, 4) is 0 Å². The van der Waals surface area contributed by atoms with E-state index in [4.69, 9.17) is 23.2 Å². The van der Waals surface area contributed by atoms with Crippen LogP contribution in [-0.2, 0) is 0 Å². The number of benzene rings is 1. The largest absolute Gasteiger partial charge is 0.369 e. The molecule has 0 N–H and O–H groups in total. The molecule has 2 nitrogen and oxygen atoms in total. The fraction of sp³-hybridized carbons (Fsp3) is 0.571. The van der Waals surface area contributed by atoms with Gasteiger partial charge in [-0.25, -0.2) is 0 Å². The Kier molecular flexibility index (Phi) is 5.16. The number of hydrogen-bond donors (Lipinski definition) is 0. The zero-order valence-electron chi connectivity index (χ0n) is 10.8. The van der Waals surface area contributed by atoms with Crippen LogP contribution in [-0.4, -0.2) is 43.0 Å². The topological polar surface area (TPSA) is 6.48 Å². The molecule has 18 heavy (non-hydrogen) atoms. The summed E-state index contributed by atoms with van der Waals surface area (Å²) < 4.78 is 0. The molecule has 1 atom stereocenters. The first-order valence-electron chi connectivity index (χ1n) is 6.51. The molecule has 1 aliphatic rings. The molecule has 1 aliphatic heterocycles. The average molecular weight is 287 g/mol. The maximum atomic E-state index is 6.05.